The molecule has 156 valence electrons. The molecule has 0 aliphatic carbocycles. The van der Waals surface area contributed by atoms with Gasteiger partial charge in [0.15, 0.2) is 0 Å². The maximum absolute atomic E-state index is 8.74. The van der Waals surface area contributed by atoms with Crippen LogP contribution in [0.4, 0.5) is 0 Å². The maximum Gasteiger partial charge on any atom is 0.761 e. The van der Waals surface area contributed by atoms with Crippen LogP contribution in [0.1, 0.15) is 0 Å². The van der Waals surface area contributed by atoms with Crippen molar-refractivity contribution in [1.82, 2.24) is 0 Å². The number of hydrogen-bond donors (Lipinski definition) is 12. The average Bonchev–Trinajstić information content (AvgIpc) is 2.08. The first-order valence-electron chi connectivity index (χ1n) is 3.91. The zero-order valence-electron chi connectivity index (χ0n) is 14.1. The summed E-state index contributed by atoms with van der Waals surface area (Å²) in [6.07, 6.45) is 0. The molecule has 0 aliphatic heterocycles. The maximum atomic E-state index is 8.74. The molecule has 18 nitrogen and oxygen atoms in total. The second-order valence-electron chi connectivity index (χ2n) is 1.70. The fourth-order valence-electron chi connectivity index (χ4n) is 0. The van der Waals surface area contributed by atoms with E-state index in [0.717, 1.165) is 0 Å². The Kier molecular flexibility index (Phi) is 153. The normalized spacial score (nSPS) is 4.97. The molecule has 12 N–H and O–H groups in total. The minimum atomic E-state index is -3.13. The molecule has 0 atom stereocenters. The zero-order valence-corrected chi connectivity index (χ0v) is 22.4. The third-order valence-corrected chi connectivity index (χ3v) is 0. The first-order valence-corrected chi connectivity index (χ1v) is 11.7. The second-order valence-corrected chi connectivity index (χ2v) is 5.09. The fraction of sp³-hybridized carbons (Fsp3) is 0. The van der Waals surface area contributed by atoms with Gasteiger partial charge in [0, 0.05) is 65.1 Å². The molecule has 0 aromatic carbocycles. The largest absolute Gasteiger partial charge is 0.761 e. The van der Waals surface area contributed by atoms with Crippen LogP contribution >= 0.6 is 0 Å². The van der Waals surface area contributed by atoms with E-state index in [1.165, 1.54) is 0 Å². The zero-order chi connectivity index (χ0) is 21.5. The molecule has 0 saturated heterocycles. The summed E-state index contributed by atoms with van der Waals surface area (Å²) in [6.45, 7) is 0. The van der Waals surface area contributed by atoms with E-state index in [1.807, 2.05) is 0 Å². The van der Waals surface area contributed by atoms with E-state index >= 15 is 0 Å². The van der Waals surface area contributed by atoms with Crippen LogP contribution in [0, 0.1) is 0 Å². The molecular weight excluding hydrogens is 537 g/mol. The van der Waals surface area contributed by atoms with Gasteiger partial charge in [-0.1, -0.05) is 0 Å². The van der Waals surface area contributed by atoms with Gasteiger partial charge in [-0.3, -0.25) is 26.8 Å². The first-order chi connectivity index (χ1) is 10.4. The van der Waals surface area contributed by atoms with Crippen LogP contribution < -0.4 is 0 Å². The van der Waals surface area contributed by atoms with Gasteiger partial charge in [-0.25, -0.2) is 0 Å². The van der Waals surface area contributed by atoms with Gasteiger partial charge in [0.2, 0.25) is 0 Å². The SMILES string of the molecule is O=[Si](O)O.O=[Si](O)O.O=[Si](O)O.O=[Si](O)O.O=[Si](O)O.O=[Si](O)O.[Al].[Al].[Be].[Be].[Be]. The summed E-state index contributed by atoms with van der Waals surface area (Å²) < 4.78 is 52.4. The van der Waals surface area contributed by atoms with Crippen LogP contribution in [0.3, 0.4) is 0 Å². The molecule has 0 heterocycles. The van der Waals surface area contributed by atoms with E-state index < -0.39 is 55.0 Å². The Bertz CT molecular complexity index is 275. The topological polar surface area (TPSA) is 345 Å². The Morgan fingerprint density at radius 2 is 0.276 bits per heavy atom. The van der Waals surface area contributed by atoms with Crippen molar-refractivity contribution >= 4 is 120 Å². The van der Waals surface area contributed by atoms with Gasteiger partial charge >= 0.3 is 55.0 Å². The van der Waals surface area contributed by atoms with E-state index in [2.05, 4.69) is 0 Å². The molecule has 0 bridgehead atoms. The Hall–Kier alpha value is -0.727. The van der Waals surface area contributed by atoms with Crippen LogP contribution in [0.25, 0.3) is 0 Å². The molecule has 12 radical (unpaired) electrons. The third-order valence-electron chi connectivity index (χ3n) is 0. The minimum absolute atomic E-state index is 0. The van der Waals surface area contributed by atoms with Crippen molar-refractivity contribution in [3.8, 4) is 0 Å². The summed E-state index contributed by atoms with van der Waals surface area (Å²) in [5.41, 5.74) is 0. The summed E-state index contributed by atoms with van der Waals surface area (Å²) in [5.74, 6) is 0. The van der Waals surface area contributed by atoms with Crippen LogP contribution in [0.2, 0.25) is 0 Å². The first kappa shape index (κ1) is 70.5. The van der Waals surface area contributed by atoms with E-state index in [0.29, 0.717) is 0 Å². The predicted molar refractivity (Wildman–Crippen MR) is 94.0 cm³/mol. The Morgan fingerprint density at radius 1 is 0.276 bits per heavy atom. The van der Waals surface area contributed by atoms with Gasteiger partial charge in [-0.15, -0.1) is 0 Å². The quantitative estimate of drug-likeness (QED) is 0.125. The van der Waals surface area contributed by atoms with Gasteiger partial charge in [-0.05, 0) is 0 Å². The van der Waals surface area contributed by atoms with E-state index in [9.17, 15) is 0 Å². The monoisotopic (exact) mass is 549 g/mol. The summed E-state index contributed by atoms with van der Waals surface area (Å²) in [7, 11) is -18.8. The summed E-state index contributed by atoms with van der Waals surface area (Å²) in [6, 6.07) is 0. The van der Waals surface area contributed by atoms with Crippen LogP contribution in [0.15, 0.2) is 0 Å². The smallest absolute Gasteiger partial charge is 0.511 e. The Labute approximate surface area is 203 Å². The van der Waals surface area contributed by atoms with E-state index in [4.69, 9.17) is 84.3 Å². The van der Waals surface area contributed by atoms with Crippen molar-refractivity contribution < 1.29 is 84.3 Å². The molecule has 0 amide bonds. The minimum Gasteiger partial charge on any atom is -0.511 e. The molecule has 0 unspecified atom stereocenters. The van der Waals surface area contributed by atoms with Crippen molar-refractivity contribution in [2.45, 2.75) is 0 Å². The van der Waals surface area contributed by atoms with Crippen molar-refractivity contribution in [3.05, 3.63) is 0 Å². The molecule has 0 aliphatic rings. The molecule has 0 aromatic rings. The molecule has 29 heavy (non-hydrogen) atoms. The second kappa shape index (κ2) is 63.1. The molecule has 0 aromatic heterocycles. The van der Waals surface area contributed by atoms with Crippen LogP contribution in [-0.4, -0.2) is 178 Å². The molecule has 0 rings (SSSR count). The standard InChI is InChI=1S/2Al.3Be.6H2O3Si/c;;;;;6*1-4(2)3/h;;;;;6*1-2H. The van der Waals surface area contributed by atoms with Crippen molar-refractivity contribution in [1.29, 1.82) is 0 Å². The van der Waals surface area contributed by atoms with Gasteiger partial charge in [0.25, 0.3) is 0 Å². The van der Waals surface area contributed by atoms with Gasteiger partial charge in [-0.2, -0.15) is 0 Å². The van der Waals surface area contributed by atoms with Crippen molar-refractivity contribution in [2.75, 3.05) is 0 Å². The Balaban J connectivity index is -0.0000000144. The summed E-state index contributed by atoms with van der Waals surface area (Å²) in [4.78, 5) is 85.9. The molecule has 0 spiro atoms. The van der Waals surface area contributed by atoms with Crippen molar-refractivity contribution in [3.63, 3.8) is 0 Å². The van der Waals surface area contributed by atoms with E-state index in [-0.39, 0.29) is 65.1 Å². The summed E-state index contributed by atoms with van der Waals surface area (Å²) >= 11 is 0. The summed E-state index contributed by atoms with van der Waals surface area (Å²) in [5, 5.41) is 0. The van der Waals surface area contributed by atoms with Gasteiger partial charge < -0.3 is 57.5 Å². The Morgan fingerprint density at radius 3 is 0.276 bits per heavy atom. The van der Waals surface area contributed by atoms with Crippen LogP contribution in [0.5, 0.6) is 0 Å². The van der Waals surface area contributed by atoms with E-state index in [1.54, 1.807) is 0 Å². The van der Waals surface area contributed by atoms with Gasteiger partial charge in [0.1, 0.15) is 0 Å². The number of hydrogen-bond acceptors (Lipinski definition) is 6. The third kappa shape index (κ3) is 32900. The molecular formula is H12Al2Be3O18Si6. The molecule has 0 fully saturated rings. The molecule has 29 heteroatoms. The number of rotatable bonds is 0. The predicted octanol–water partition coefficient (Wildman–Crippen LogP) is -11.6. The van der Waals surface area contributed by atoms with Crippen molar-refractivity contribution in [2.24, 2.45) is 0 Å². The van der Waals surface area contributed by atoms with Crippen LogP contribution in [-0.2, 0) is 26.8 Å². The van der Waals surface area contributed by atoms with Gasteiger partial charge in [0.05, 0.1) is 0 Å². The average molecular weight is 550 g/mol. The fourth-order valence-corrected chi connectivity index (χ4v) is 0. The molecule has 0 saturated carbocycles.